The van der Waals surface area contributed by atoms with Gasteiger partial charge >= 0.3 is 0 Å². The summed E-state index contributed by atoms with van der Waals surface area (Å²) in [6.45, 7) is 1.57. The molecular formula is C50H54N10O4. The van der Waals surface area contributed by atoms with Gasteiger partial charge in [-0.1, -0.05) is 24.3 Å². The van der Waals surface area contributed by atoms with Crippen molar-refractivity contribution in [1.82, 2.24) is 49.3 Å². The number of aryl methyl sites for hydroxylation is 2. The van der Waals surface area contributed by atoms with Crippen LogP contribution in [0.4, 0.5) is 0 Å². The summed E-state index contributed by atoms with van der Waals surface area (Å²) < 4.78 is 25.5. The Morgan fingerprint density at radius 3 is 1.17 bits per heavy atom. The summed E-state index contributed by atoms with van der Waals surface area (Å²) in [7, 11) is 18.6. The second-order valence-electron chi connectivity index (χ2n) is 15.7. The summed E-state index contributed by atoms with van der Waals surface area (Å²) in [5.74, 6) is 2.98. The Balaban J connectivity index is 0.000000191. The zero-order chi connectivity index (χ0) is 45.3. The van der Waals surface area contributed by atoms with Crippen molar-refractivity contribution in [1.29, 1.82) is 0 Å². The number of likely N-dealkylation sites (N-methyl/N-ethyl adjacent to an activating group) is 2. The molecule has 0 aliphatic rings. The molecule has 4 aromatic carbocycles. The molecule has 0 spiro atoms. The average molecular weight is 859 g/mol. The minimum Gasteiger partial charge on any atom is -0.497 e. The van der Waals surface area contributed by atoms with Crippen molar-refractivity contribution in [3.8, 4) is 45.5 Å². The molecule has 64 heavy (non-hydrogen) atoms. The van der Waals surface area contributed by atoms with Gasteiger partial charge in [0.1, 0.15) is 23.0 Å². The monoisotopic (exact) mass is 858 g/mol. The van der Waals surface area contributed by atoms with E-state index in [1.54, 1.807) is 62.6 Å². The average Bonchev–Trinajstić information content (AvgIpc) is 3.96. The number of fused-ring (bicyclic) bond motifs is 2. The molecule has 328 valence electrons. The van der Waals surface area contributed by atoms with Gasteiger partial charge in [0.15, 0.2) is 0 Å². The maximum atomic E-state index is 5.50. The Morgan fingerprint density at radius 1 is 0.484 bits per heavy atom. The molecule has 0 saturated heterocycles. The third kappa shape index (κ3) is 10.8. The largest absolute Gasteiger partial charge is 0.497 e. The van der Waals surface area contributed by atoms with Crippen molar-refractivity contribution in [2.75, 3.05) is 69.7 Å². The first kappa shape index (κ1) is 44.6. The van der Waals surface area contributed by atoms with Gasteiger partial charge in [-0.3, -0.25) is 19.3 Å². The Hall–Kier alpha value is -7.42. The predicted octanol–water partition coefficient (Wildman–Crippen LogP) is 8.08. The van der Waals surface area contributed by atoms with E-state index >= 15 is 0 Å². The van der Waals surface area contributed by atoms with Crippen LogP contribution in [0.3, 0.4) is 0 Å². The smallest absolute Gasteiger partial charge is 0.123 e. The van der Waals surface area contributed by atoms with Crippen molar-refractivity contribution < 1.29 is 18.9 Å². The van der Waals surface area contributed by atoms with E-state index < -0.39 is 0 Å². The fraction of sp³-hybridized carbons (Fsp3) is 0.240. The van der Waals surface area contributed by atoms with Gasteiger partial charge in [-0.2, -0.15) is 10.2 Å². The first-order chi connectivity index (χ1) is 30.9. The van der Waals surface area contributed by atoms with Crippen LogP contribution in [-0.2, 0) is 14.1 Å². The molecule has 0 aliphatic heterocycles. The van der Waals surface area contributed by atoms with Crippen LogP contribution in [-0.4, -0.2) is 119 Å². The summed E-state index contributed by atoms with van der Waals surface area (Å²) in [6.07, 6.45) is 15.4. The summed E-state index contributed by atoms with van der Waals surface area (Å²) in [4.78, 5) is 23.2. The first-order valence-electron chi connectivity index (χ1n) is 20.6. The highest BCUT2D eigenvalue weighted by atomic mass is 16.5. The summed E-state index contributed by atoms with van der Waals surface area (Å²) in [6, 6.07) is 24.2. The lowest BCUT2D eigenvalue weighted by Crippen LogP contribution is -2.11. The fourth-order valence-corrected chi connectivity index (χ4v) is 7.02. The highest BCUT2D eigenvalue weighted by molar-refractivity contribution is 5.89. The van der Waals surface area contributed by atoms with Gasteiger partial charge < -0.3 is 28.7 Å². The van der Waals surface area contributed by atoms with Crippen molar-refractivity contribution in [2.24, 2.45) is 14.1 Å². The van der Waals surface area contributed by atoms with E-state index in [1.807, 2.05) is 103 Å². The minimum atomic E-state index is 0.745. The van der Waals surface area contributed by atoms with Crippen LogP contribution in [0.15, 0.2) is 122 Å². The molecule has 0 unspecified atom stereocenters. The van der Waals surface area contributed by atoms with Crippen molar-refractivity contribution in [2.45, 2.75) is 0 Å². The van der Waals surface area contributed by atoms with Gasteiger partial charge in [-0.15, -0.1) is 0 Å². The van der Waals surface area contributed by atoms with Gasteiger partial charge in [0, 0.05) is 62.8 Å². The van der Waals surface area contributed by atoms with Gasteiger partial charge in [-0.25, -0.2) is 9.97 Å². The van der Waals surface area contributed by atoms with Crippen molar-refractivity contribution in [3.63, 3.8) is 0 Å². The lowest BCUT2D eigenvalue weighted by atomic mass is 9.96. The number of aromatic nitrogens is 8. The molecule has 8 rings (SSSR count). The Kier molecular flexibility index (Phi) is 14.1. The number of hydrogen-bond donors (Lipinski definition) is 0. The van der Waals surface area contributed by atoms with Gasteiger partial charge in [0.25, 0.3) is 0 Å². The van der Waals surface area contributed by atoms with Gasteiger partial charge in [0.2, 0.25) is 0 Å². The van der Waals surface area contributed by atoms with E-state index in [4.69, 9.17) is 28.9 Å². The van der Waals surface area contributed by atoms with E-state index in [-0.39, 0.29) is 0 Å². The normalized spacial score (nSPS) is 11.9. The summed E-state index contributed by atoms with van der Waals surface area (Å²) >= 11 is 0. The molecular weight excluding hydrogens is 805 g/mol. The standard InChI is InChI=1S/2C25H27N5O2/c2*1-29(2)9-8-22(18-10-20(31-4)13-21(11-18)32-5)17-6-7-23-24(12-17)28-25(15-26-23)19-14-27-30(3)16-19/h2*6-8,10-16H,9H2,1-5H3/b22-8+;22-8-. The highest BCUT2D eigenvalue weighted by Crippen LogP contribution is 2.34. The molecule has 14 nitrogen and oxygen atoms in total. The molecule has 0 fully saturated rings. The molecule has 0 aliphatic carbocycles. The molecule has 0 N–H and O–H groups in total. The van der Waals surface area contributed by atoms with Crippen LogP contribution < -0.4 is 18.9 Å². The quantitative estimate of drug-likeness (QED) is 0.105. The van der Waals surface area contributed by atoms with E-state index in [2.05, 4.69) is 66.4 Å². The van der Waals surface area contributed by atoms with Crippen LogP contribution in [0.25, 0.3) is 55.7 Å². The molecule has 4 heterocycles. The highest BCUT2D eigenvalue weighted by Gasteiger charge is 2.14. The maximum Gasteiger partial charge on any atom is 0.123 e. The molecule has 0 amide bonds. The summed E-state index contributed by atoms with van der Waals surface area (Å²) in [5, 5.41) is 8.49. The third-order valence-corrected chi connectivity index (χ3v) is 10.4. The topological polar surface area (TPSA) is 131 Å². The van der Waals surface area contributed by atoms with E-state index in [9.17, 15) is 0 Å². The number of hydrogen-bond acceptors (Lipinski definition) is 12. The molecule has 0 saturated carbocycles. The SMILES string of the molecule is COc1cc(OC)cc(/C(=C/CN(C)C)c2ccc3ncc(-c4cnn(C)c4)nc3c2)c1.COc1cc(OC)cc(/C(=C\CN(C)C)c2ccc3ncc(-c4cnn(C)c4)nc3c2)c1. The van der Waals surface area contributed by atoms with Crippen LogP contribution in [0.5, 0.6) is 23.0 Å². The van der Waals surface area contributed by atoms with E-state index in [0.29, 0.717) is 0 Å². The van der Waals surface area contributed by atoms with Crippen molar-refractivity contribution >= 4 is 33.2 Å². The van der Waals surface area contributed by atoms with Gasteiger partial charge in [-0.05, 0) is 110 Å². The Morgan fingerprint density at radius 2 is 0.859 bits per heavy atom. The number of benzene rings is 4. The van der Waals surface area contributed by atoms with E-state index in [0.717, 1.165) is 114 Å². The maximum absolute atomic E-state index is 5.50. The number of methoxy groups -OCH3 is 4. The second kappa shape index (κ2) is 20.2. The first-order valence-corrected chi connectivity index (χ1v) is 20.6. The molecule has 8 aromatic rings. The van der Waals surface area contributed by atoms with Crippen LogP contribution in [0.1, 0.15) is 22.3 Å². The zero-order valence-corrected chi connectivity index (χ0v) is 38.1. The molecule has 4 aromatic heterocycles. The molecule has 14 heteroatoms. The molecule has 0 radical (unpaired) electrons. The van der Waals surface area contributed by atoms with Crippen LogP contribution >= 0.6 is 0 Å². The predicted molar refractivity (Wildman–Crippen MR) is 254 cm³/mol. The van der Waals surface area contributed by atoms with Crippen LogP contribution in [0, 0.1) is 0 Å². The second-order valence-corrected chi connectivity index (χ2v) is 15.7. The van der Waals surface area contributed by atoms with Crippen LogP contribution in [0.2, 0.25) is 0 Å². The number of rotatable bonds is 14. The number of ether oxygens (including phenoxy) is 4. The fourth-order valence-electron chi connectivity index (χ4n) is 7.02. The third-order valence-electron chi connectivity index (χ3n) is 10.4. The molecule has 0 bridgehead atoms. The Labute approximate surface area is 374 Å². The number of nitrogens with zero attached hydrogens (tertiary/aromatic N) is 10. The van der Waals surface area contributed by atoms with Gasteiger partial charge in [0.05, 0.1) is 86.7 Å². The Bertz CT molecular complexity index is 2710. The zero-order valence-electron chi connectivity index (χ0n) is 38.1. The summed E-state index contributed by atoms with van der Waals surface area (Å²) in [5.41, 5.74) is 13.1. The lowest BCUT2D eigenvalue weighted by Gasteiger charge is -2.14. The van der Waals surface area contributed by atoms with Crippen molar-refractivity contribution in [3.05, 3.63) is 144 Å². The minimum absolute atomic E-state index is 0.745. The molecule has 0 atom stereocenters. The lowest BCUT2D eigenvalue weighted by molar-refractivity contribution is 0.394. The van der Waals surface area contributed by atoms with E-state index in [1.165, 1.54) is 0 Å².